The predicted molar refractivity (Wildman–Crippen MR) is 80.2 cm³/mol. The molecule has 0 aromatic heterocycles. The quantitative estimate of drug-likeness (QED) is 0.771. The first-order chi connectivity index (χ1) is 9.15. The second-order valence-electron chi connectivity index (χ2n) is 6.72. The van der Waals surface area contributed by atoms with Gasteiger partial charge in [0.1, 0.15) is 0 Å². The van der Waals surface area contributed by atoms with Crippen LogP contribution in [0, 0.1) is 11.8 Å². The first-order valence-electron chi connectivity index (χ1n) is 8.11. The SMILES string of the molecule is COCCN(C(C)C1CC1)C1(CN)CCCCC1C. The molecule has 112 valence electrons. The summed E-state index contributed by atoms with van der Waals surface area (Å²) >= 11 is 0. The van der Waals surface area contributed by atoms with Gasteiger partial charge >= 0.3 is 0 Å². The van der Waals surface area contributed by atoms with E-state index in [2.05, 4.69) is 18.7 Å². The topological polar surface area (TPSA) is 38.5 Å². The Bertz CT molecular complexity index is 280. The molecule has 2 aliphatic carbocycles. The third-order valence-corrected chi connectivity index (χ3v) is 5.67. The minimum absolute atomic E-state index is 0.221. The van der Waals surface area contributed by atoms with Gasteiger partial charge in [-0.2, -0.15) is 0 Å². The summed E-state index contributed by atoms with van der Waals surface area (Å²) in [5, 5.41) is 0. The Labute approximate surface area is 118 Å². The highest BCUT2D eigenvalue weighted by Gasteiger charge is 2.46. The molecule has 2 fully saturated rings. The Morgan fingerprint density at radius 1 is 1.32 bits per heavy atom. The van der Waals surface area contributed by atoms with Crippen molar-refractivity contribution in [3.05, 3.63) is 0 Å². The Kier molecular flexibility index (Phi) is 5.27. The zero-order valence-electron chi connectivity index (χ0n) is 13.0. The highest BCUT2D eigenvalue weighted by Crippen LogP contribution is 2.43. The highest BCUT2D eigenvalue weighted by molar-refractivity contribution is 5.02. The zero-order chi connectivity index (χ0) is 13.9. The van der Waals surface area contributed by atoms with Crippen molar-refractivity contribution < 1.29 is 4.74 Å². The molecule has 0 spiro atoms. The van der Waals surface area contributed by atoms with Crippen LogP contribution >= 0.6 is 0 Å². The molecule has 0 aliphatic heterocycles. The third kappa shape index (κ3) is 3.14. The Hall–Kier alpha value is -0.120. The number of methoxy groups -OCH3 is 1. The van der Waals surface area contributed by atoms with E-state index in [9.17, 15) is 0 Å². The molecule has 0 radical (unpaired) electrons. The number of nitrogens with zero attached hydrogens (tertiary/aromatic N) is 1. The first kappa shape index (κ1) is 15.3. The van der Waals surface area contributed by atoms with Gasteiger partial charge in [0.15, 0.2) is 0 Å². The smallest absolute Gasteiger partial charge is 0.0590 e. The van der Waals surface area contributed by atoms with Gasteiger partial charge in [-0.15, -0.1) is 0 Å². The molecule has 0 heterocycles. The Balaban J connectivity index is 2.16. The van der Waals surface area contributed by atoms with Crippen molar-refractivity contribution in [2.24, 2.45) is 17.6 Å². The van der Waals surface area contributed by atoms with Crippen molar-refractivity contribution in [3.8, 4) is 0 Å². The molecule has 0 aromatic rings. The average molecular weight is 268 g/mol. The lowest BCUT2D eigenvalue weighted by Crippen LogP contribution is -2.63. The second-order valence-corrected chi connectivity index (χ2v) is 6.72. The van der Waals surface area contributed by atoms with E-state index in [1.165, 1.54) is 38.5 Å². The van der Waals surface area contributed by atoms with Gasteiger partial charge in [0.05, 0.1) is 6.61 Å². The van der Waals surface area contributed by atoms with E-state index in [1.54, 1.807) is 7.11 Å². The fourth-order valence-corrected chi connectivity index (χ4v) is 4.10. The van der Waals surface area contributed by atoms with Crippen molar-refractivity contribution in [1.82, 2.24) is 4.90 Å². The first-order valence-corrected chi connectivity index (χ1v) is 8.11. The molecule has 0 aromatic carbocycles. The van der Waals surface area contributed by atoms with Gasteiger partial charge in [-0.1, -0.05) is 19.8 Å². The van der Waals surface area contributed by atoms with Crippen molar-refractivity contribution in [2.45, 2.75) is 64.0 Å². The molecule has 3 unspecified atom stereocenters. The summed E-state index contributed by atoms with van der Waals surface area (Å²) < 4.78 is 5.36. The van der Waals surface area contributed by atoms with Gasteiger partial charge in [0.25, 0.3) is 0 Å². The van der Waals surface area contributed by atoms with E-state index in [-0.39, 0.29) is 5.54 Å². The molecular weight excluding hydrogens is 236 g/mol. The van der Waals surface area contributed by atoms with Gasteiger partial charge in [-0.05, 0) is 44.4 Å². The summed E-state index contributed by atoms with van der Waals surface area (Å²) in [5.74, 6) is 1.61. The summed E-state index contributed by atoms with van der Waals surface area (Å²) in [4.78, 5) is 2.72. The van der Waals surface area contributed by atoms with E-state index < -0.39 is 0 Å². The van der Waals surface area contributed by atoms with Crippen LogP contribution in [0.1, 0.15) is 52.4 Å². The molecule has 3 nitrogen and oxygen atoms in total. The second kappa shape index (κ2) is 6.55. The zero-order valence-corrected chi connectivity index (χ0v) is 13.0. The molecule has 2 rings (SSSR count). The van der Waals surface area contributed by atoms with Crippen LogP contribution in [0.4, 0.5) is 0 Å². The van der Waals surface area contributed by atoms with Gasteiger partial charge in [-0.25, -0.2) is 0 Å². The highest BCUT2D eigenvalue weighted by atomic mass is 16.5. The Morgan fingerprint density at radius 2 is 2.05 bits per heavy atom. The molecule has 2 saturated carbocycles. The normalized spacial score (nSPS) is 33.6. The molecule has 0 bridgehead atoms. The molecule has 3 heteroatoms. The lowest BCUT2D eigenvalue weighted by molar-refractivity contribution is -0.0328. The number of hydrogen-bond acceptors (Lipinski definition) is 3. The van der Waals surface area contributed by atoms with E-state index in [0.29, 0.717) is 12.0 Å². The van der Waals surface area contributed by atoms with Crippen molar-refractivity contribution in [3.63, 3.8) is 0 Å². The monoisotopic (exact) mass is 268 g/mol. The summed E-state index contributed by atoms with van der Waals surface area (Å²) in [6, 6.07) is 0.666. The van der Waals surface area contributed by atoms with Crippen LogP contribution < -0.4 is 5.73 Å². The van der Waals surface area contributed by atoms with Crippen LogP contribution in [-0.2, 0) is 4.74 Å². The minimum atomic E-state index is 0.221. The molecule has 2 aliphatic rings. The maximum atomic E-state index is 6.28. The minimum Gasteiger partial charge on any atom is -0.383 e. The average Bonchev–Trinajstić information content (AvgIpc) is 3.25. The lowest BCUT2D eigenvalue weighted by atomic mass is 9.71. The summed E-state index contributed by atoms with van der Waals surface area (Å²) in [6.45, 7) is 7.48. The number of ether oxygens (including phenoxy) is 1. The van der Waals surface area contributed by atoms with Crippen molar-refractivity contribution in [1.29, 1.82) is 0 Å². The van der Waals surface area contributed by atoms with E-state index >= 15 is 0 Å². The predicted octanol–water partition coefficient (Wildman–Crippen LogP) is 2.64. The number of rotatable bonds is 7. The molecule has 2 N–H and O–H groups in total. The van der Waals surface area contributed by atoms with Crippen LogP contribution in [0.25, 0.3) is 0 Å². The maximum absolute atomic E-state index is 6.28. The third-order valence-electron chi connectivity index (χ3n) is 5.67. The largest absolute Gasteiger partial charge is 0.383 e. The van der Waals surface area contributed by atoms with E-state index in [4.69, 9.17) is 10.5 Å². The van der Waals surface area contributed by atoms with E-state index in [1.807, 2.05) is 0 Å². The Morgan fingerprint density at radius 3 is 2.58 bits per heavy atom. The lowest BCUT2D eigenvalue weighted by Gasteiger charge is -2.52. The van der Waals surface area contributed by atoms with Crippen LogP contribution in [0.15, 0.2) is 0 Å². The standard InChI is InChI=1S/C16H32N2O/c1-13-6-4-5-9-16(13,12-17)18(10-11-19-3)14(2)15-7-8-15/h13-15H,4-12,17H2,1-3H3. The van der Waals surface area contributed by atoms with Crippen LogP contribution in [0.3, 0.4) is 0 Å². The fraction of sp³-hybridized carbons (Fsp3) is 1.00. The maximum Gasteiger partial charge on any atom is 0.0590 e. The number of nitrogens with two attached hydrogens (primary N) is 1. The molecular formula is C16H32N2O. The van der Waals surface area contributed by atoms with Gasteiger partial charge in [0.2, 0.25) is 0 Å². The summed E-state index contributed by atoms with van der Waals surface area (Å²) in [6.07, 6.45) is 8.12. The molecule has 19 heavy (non-hydrogen) atoms. The molecule has 0 amide bonds. The van der Waals surface area contributed by atoms with Gasteiger partial charge < -0.3 is 10.5 Å². The van der Waals surface area contributed by atoms with Crippen LogP contribution in [0.2, 0.25) is 0 Å². The molecule has 3 atom stereocenters. The fourth-order valence-electron chi connectivity index (χ4n) is 4.10. The summed E-state index contributed by atoms with van der Waals surface area (Å²) in [7, 11) is 1.80. The van der Waals surface area contributed by atoms with Gasteiger partial charge in [0, 0.05) is 31.8 Å². The van der Waals surface area contributed by atoms with Crippen molar-refractivity contribution >= 4 is 0 Å². The van der Waals surface area contributed by atoms with Crippen LogP contribution in [0.5, 0.6) is 0 Å². The van der Waals surface area contributed by atoms with Crippen molar-refractivity contribution in [2.75, 3.05) is 26.8 Å². The number of hydrogen-bond donors (Lipinski definition) is 1. The van der Waals surface area contributed by atoms with Gasteiger partial charge in [-0.3, -0.25) is 4.90 Å². The molecule has 0 saturated heterocycles. The van der Waals surface area contributed by atoms with E-state index in [0.717, 1.165) is 25.6 Å². The van der Waals surface area contributed by atoms with Crippen LogP contribution in [-0.4, -0.2) is 43.3 Å². The summed E-state index contributed by atoms with van der Waals surface area (Å²) in [5.41, 5.74) is 6.50.